The molecule has 17 heavy (non-hydrogen) atoms. The molecule has 3 nitrogen and oxygen atoms in total. The summed E-state index contributed by atoms with van der Waals surface area (Å²) in [5.41, 5.74) is 7.49. The molecule has 0 radical (unpaired) electrons. The van der Waals surface area contributed by atoms with Crippen LogP contribution in [0.3, 0.4) is 0 Å². The fourth-order valence-electron chi connectivity index (χ4n) is 1.43. The van der Waals surface area contributed by atoms with Crippen molar-refractivity contribution >= 4 is 5.91 Å². The lowest BCUT2D eigenvalue weighted by molar-refractivity contribution is 0.0914. The van der Waals surface area contributed by atoms with E-state index in [1.54, 1.807) is 0 Å². The lowest BCUT2D eigenvalue weighted by Gasteiger charge is -2.20. The van der Waals surface area contributed by atoms with Crippen LogP contribution in [0.1, 0.15) is 50.0 Å². The van der Waals surface area contributed by atoms with Crippen LogP contribution in [0.25, 0.3) is 0 Å². The van der Waals surface area contributed by atoms with Crippen LogP contribution >= 0.6 is 0 Å². The van der Waals surface area contributed by atoms with E-state index in [0.29, 0.717) is 5.56 Å². The summed E-state index contributed by atoms with van der Waals surface area (Å²) in [4.78, 5) is 11.8. The molecule has 0 atom stereocenters. The minimum absolute atomic E-state index is 0.0945. The van der Waals surface area contributed by atoms with Gasteiger partial charge in [0.25, 0.3) is 5.91 Å². The Kier molecular flexibility index (Phi) is 4.70. The number of hydrogen-bond acceptors (Lipinski definition) is 2. The summed E-state index contributed by atoms with van der Waals surface area (Å²) in [6.07, 6.45) is 2.18. The van der Waals surface area contributed by atoms with E-state index in [9.17, 15) is 4.79 Å². The second-order valence-electron chi connectivity index (χ2n) is 5.28. The van der Waals surface area contributed by atoms with E-state index < -0.39 is 0 Å². The molecule has 0 saturated heterocycles. The molecule has 1 amide bonds. The van der Waals surface area contributed by atoms with Gasteiger partial charge in [0.1, 0.15) is 0 Å². The number of benzene rings is 1. The summed E-state index contributed by atoms with van der Waals surface area (Å²) in [6.45, 7) is 8.14. The van der Waals surface area contributed by atoms with Crippen LogP contribution in [-0.2, 0) is 6.42 Å². The monoisotopic (exact) mass is 234 g/mol. The summed E-state index contributed by atoms with van der Waals surface area (Å²) >= 11 is 0. The van der Waals surface area contributed by atoms with Crippen molar-refractivity contribution in [3.8, 4) is 0 Å². The first-order valence-electron chi connectivity index (χ1n) is 6.09. The first kappa shape index (κ1) is 13.7. The van der Waals surface area contributed by atoms with Crippen LogP contribution in [0.5, 0.6) is 0 Å². The molecule has 1 aromatic carbocycles. The number of carbonyl (C=O) groups excluding carboxylic acids is 1. The highest BCUT2D eigenvalue weighted by molar-refractivity contribution is 5.93. The van der Waals surface area contributed by atoms with Gasteiger partial charge in [-0.2, -0.15) is 0 Å². The lowest BCUT2D eigenvalue weighted by atomic mass is 10.1. The van der Waals surface area contributed by atoms with Gasteiger partial charge in [-0.3, -0.25) is 10.2 Å². The van der Waals surface area contributed by atoms with Crippen molar-refractivity contribution in [3.05, 3.63) is 35.4 Å². The summed E-state index contributed by atoms with van der Waals surface area (Å²) < 4.78 is 0. The SMILES string of the molecule is CCCc1ccc(C(=O)NNC(C)(C)C)cc1. The van der Waals surface area contributed by atoms with Gasteiger partial charge in [-0.1, -0.05) is 25.5 Å². The molecule has 0 aliphatic heterocycles. The van der Waals surface area contributed by atoms with Crippen molar-refractivity contribution in [2.75, 3.05) is 0 Å². The fourth-order valence-corrected chi connectivity index (χ4v) is 1.43. The number of amides is 1. The van der Waals surface area contributed by atoms with E-state index in [1.165, 1.54) is 5.56 Å². The van der Waals surface area contributed by atoms with Gasteiger partial charge in [-0.25, -0.2) is 5.43 Å². The molecule has 0 aromatic heterocycles. The van der Waals surface area contributed by atoms with Crippen molar-refractivity contribution in [3.63, 3.8) is 0 Å². The van der Waals surface area contributed by atoms with Crippen molar-refractivity contribution < 1.29 is 4.79 Å². The topological polar surface area (TPSA) is 41.1 Å². The van der Waals surface area contributed by atoms with Gasteiger partial charge in [0.15, 0.2) is 0 Å². The summed E-state index contributed by atoms with van der Waals surface area (Å²) in [5.74, 6) is -0.0945. The Balaban J connectivity index is 2.57. The Bertz CT molecular complexity index is 363. The second-order valence-corrected chi connectivity index (χ2v) is 5.28. The average molecular weight is 234 g/mol. The Morgan fingerprint density at radius 1 is 1.18 bits per heavy atom. The number of hydrazine groups is 1. The normalized spacial score (nSPS) is 11.3. The van der Waals surface area contributed by atoms with Gasteiger partial charge in [0, 0.05) is 11.1 Å². The van der Waals surface area contributed by atoms with Gasteiger partial charge < -0.3 is 0 Å². The number of rotatable bonds is 4. The fraction of sp³-hybridized carbons (Fsp3) is 0.500. The van der Waals surface area contributed by atoms with Gasteiger partial charge >= 0.3 is 0 Å². The molecule has 2 N–H and O–H groups in total. The van der Waals surface area contributed by atoms with E-state index in [2.05, 4.69) is 17.8 Å². The Labute approximate surface area is 104 Å². The molecule has 0 unspecified atom stereocenters. The third-order valence-electron chi connectivity index (χ3n) is 2.31. The molecule has 0 fully saturated rings. The molecule has 94 valence electrons. The van der Waals surface area contributed by atoms with E-state index in [1.807, 2.05) is 45.0 Å². The van der Waals surface area contributed by atoms with Gasteiger partial charge in [-0.15, -0.1) is 0 Å². The lowest BCUT2D eigenvalue weighted by Crippen LogP contribution is -2.48. The molecule has 0 heterocycles. The van der Waals surface area contributed by atoms with Gasteiger partial charge in [0.05, 0.1) is 0 Å². The van der Waals surface area contributed by atoms with Gasteiger partial charge in [0.2, 0.25) is 0 Å². The maximum absolute atomic E-state index is 11.8. The maximum Gasteiger partial charge on any atom is 0.265 e. The highest BCUT2D eigenvalue weighted by Gasteiger charge is 2.11. The zero-order valence-corrected chi connectivity index (χ0v) is 11.1. The van der Waals surface area contributed by atoms with Gasteiger partial charge in [-0.05, 0) is 44.9 Å². The van der Waals surface area contributed by atoms with Crippen molar-refractivity contribution in [1.29, 1.82) is 0 Å². The molecule has 0 aliphatic rings. The van der Waals surface area contributed by atoms with Crippen LogP contribution < -0.4 is 10.9 Å². The Morgan fingerprint density at radius 3 is 2.24 bits per heavy atom. The zero-order valence-electron chi connectivity index (χ0n) is 11.1. The molecule has 1 aromatic rings. The third-order valence-corrected chi connectivity index (χ3v) is 2.31. The highest BCUT2D eigenvalue weighted by Crippen LogP contribution is 2.06. The zero-order chi connectivity index (χ0) is 12.9. The molecule has 0 saturated carbocycles. The number of aryl methyl sites for hydroxylation is 1. The molecule has 0 bridgehead atoms. The highest BCUT2D eigenvalue weighted by atomic mass is 16.2. The van der Waals surface area contributed by atoms with E-state index in [-0.39, 0.29) is 11.4 Å². The van der Waals surface area contributed by atoms with Crippen LogP contribution in [0, 0.1) is 0 Å². The minimum atomic E-state index is -0.127. The summed E-state index contributed by atoms with van der Waals surface area (Å²) in [5, 5.41) is 0. The van der Waals surface area contributed by atoms with Crippen molar-refractivity contribution in [2.24, 2.45) is 0 Å². The second kappa shape index (κ2) is 5.82. The molecule has 0 aliphatic carbocycles. The van der Waals surface area contributed by atoms with Crippen LogP contribution in [0.15, 0.2) is 24.3 Å². The number of nitrogens with one attached hydrogen (secondary N) is 2. The first-order chi connectivity index (χ1) is 7.92. The average Bonchev–Trinajstić information content (AvgIpc) is 2.26. The number of carbonyl (C=O) groups is 1. The molecular weight excluding hydrogens is 212 g/mol. The van der Waals surface area contributed by atoms with Crippen LogP contribution in [-0.4, -0.2) is 11.4 Å². The Morgan fingerprint density at radius 2 is 1.76 bits per heavy atom. The Hall–Kier alpha value is -1.35. The molecular formula is C14H22N2O. The van der Waals surface area contributed by atoms with E-state index in [0.717, 1.165) is 12.8 Å². The van der Waals surface area contributed by atoms with Crippen molar-refractivity contribution in [2.45, 2.75) is 46.1 Å². The van der Waals surface area contributed by atoms with Crippen molar-refractivity contribution in [1.82, 2.24) is 10.9 Å². The van der Waals surface area contributed by atoms with E-state index in [4.69, 9.17) is 0 Å². The molecule has 3 heteroatoms. The summed E-state index contributed by atoms with van der Waals surface area (Å²) in [6, 6.07) is 7.75. The van der Waals surface area contributed by atoms with Crippen LogP contribution in [0.2, 0.25) is 0 Å². The largest absolute Gasteiger partial charge is 0.287 e. The quantitative estimate of drug-likeness (QED) is 0.786. The maximum atomic E-state index is 11.8. The predicted molar refractivity (Wildman–Crippen MR) is 70.8 cm³/mol. The summed E-state index contributed by atoms with van der Waals surface area (Å²) in [7, 11) is 0. The number of hydrogen-bond donors (Lipinski definition) is 2. The third kappa shape index (κ3) is 5.00. The minimum Gasteiger partial charge on any atom is -0.287 e. The first-order valence-corrected chi connectivity index (χ1v) is 6.09. The van der Waals surface area contributed by atoms with E-state index >= 15 is 0 Å². The molecule has 0 spiro atoms. The molecule has 1 rings (SSSR count). The smallest absolute Gasteiger partial charge is 0.265 e. The predicted octanol–water partition coefficient (Wildman–Crippen LogP) is 2.67. The van der Waals surface area contributed by atoms with Crippen LogP contribution in [0.4, 0.5) is 0 Å². The standard InChI is InChI=1S/C14H22N2O/c1-5-6-11-7-9-12(10-8-11)13(17)15-16-14(2,3)4/h7-10,16H,5-6H2,1-4H3,(H,15,17).